The molecule has 3 saturated heterocycles. The summed E-state index contributed by atoms with van der Waals surface area (Å²) < 4.78 is 16.0. The monoisotopic (exact) mass is 276 g/mol. The van der Waals surface area contributed by atoms with Crippen molar-refractivity contribution in [1.29, 1.82) is 0 Å². The van der Waals surface area contributed by atoms with Gasteiger partial charge in [-0.05, 0) is 23.6 Å². The summed E-state index contributed by atoms with van der Waals surface area (Å²) in [6.07, 6.45) is 3.44. The molecule has 20 heavy (non-hydrogen) atoms. The van der Waals surface area contributed by atoms with Crippen LogP contribution in [0.3, 0.4) is 0 Å². The Balaban J connectivity index is 1.68. The first-order valence-corrected chi connectivity index (χ1v) is 7.38. The number of aryl methyl sites for hydroxylation is 1. The fourth-order valence-electron chi connectivity index (χ4n) is 2.91. The van der Waals surface area contributed by atoms with Gasteiger partial charge in [-0.15, -0.1) is 0 Å². The first-order chi connectivity index (χ1) is 9.70. The number of hydrogen-bond donors (Lipinski definition) is 1. The molecule has 3 aliphatic heterocycles. The van der Waals surface area contributed by atoms with E-state index in [1.807, 2.05) is 0 Å². The lowest BCUT2D eigenvalue weighted by molar-refractivity contribution is 0.390. The number of phenols is 1. The van der Waals surface area contributed by atoms with Gasteiger partial charge >= 0.3 is 0 Å². The van der Waals surface area contributed by atoms with Gasteiger partial charge in [0.05, 0.1) is 38.1 Å². The predicted octanol–water partition coefficient (Wildman–Crippen LogP) is 1.52. The first kappa shape index (κ1) is 12.6. The molecular formula is C16H20O4. The molecule has 0 bridgehead atoms. The van der Waals surface area contributed by atoms with Crippen LogP contribution < -0.4 is 0 Å². The summed E-state index contributed by atoms with van der Waals surface area (Å²) in [5.74, 6) is 0.456. The number of rotatable bonds is 6. The Labute approximate surface area is 118 Å². The lowest BCUT2D eigenvalue weighted by Gasteiger charge is -2.17. The molecule has 3 unspecified atom stereocenters. The molecule has 3 aliphatic rings. The van der Waals surface area contributed by atoms with E-state index < -0.39 is 0 Å². The zero-order chi connectivity index (χ0) is 13.7. The maximum Gasteiger partial charge on any atom is 0.122 e. The molecule has 1 N–H and O–H groups in total. The Morgan fingerprint density at radius 3 is 2.00 bits per heavy atom. The fraction of sp³-hybridized carbons (Fsp3) is 0.625. The van der Waals surface area contributed by atoms with Gasteiger partial charge in [-0.2, -0.15) is 0 Å². The zero-order valence-corrected chi connectivity index (χ0v) is 11.7. The Bertz CT molecular complexity index is 528. The van der Waals surface area contributed by atoms with Gasteiger partial charge in [0.15, 0.2) is 0 Å². The van der Waals surface area contributed by atoms with Gasteiger partial charge in [-0.25, -0.2) is 0 Å². The molecule has 3 heterocycles. The molecule has 0 amide bonds. The van der Waals surface area contributed by atoms with E-state index in [2.05, 4.69) is 13.0 Å². The Hall–Kier alpha value is -1.10. The van der Waals surface area contributed by atoms with Crippen LogP contribution in [-0.2, 0) is 33.5 Å². The summed E-state index contributed by atoms with van der Waals surface area (Å²) in [6, 6.07) is 2.12. The minimum atomic E-state index is 0.284. The van der Waals surface area contributed by atoms with Crippen LogP contribution >= 0.6 is 0 Å². The molecule has 0 aliphatic carbocycles. The second-order valence-corrected chi connectivity index (χ2v) is 6.14. The van der Waals surface area contributed by atoms with Crippen LogP contribution in [0.4, 0.5) is 0 Å². The predicted molar refractivity (Wildman–Crippen MR) is 73.2 cm³/mol. The van der Waals surface area contributed by atoms with Gasteiger partial charge in [0.25, 0.3) is 0 Å². The molecule has 0 saturated carbocycles. The molecule has 0 radical (unpaired) electrons. The zero-order valence-electron chi connectivity index (χ0n) is 11.7. The van der Waals surface area contributed by atoms with Crippen molar-refractivity contribution in [3.8, 4) is 5.75 Å². The van der Waals surface area contributed by atoms with E-state index in [0.717, 1.165) is 50.2 Å². The highest BCUT2D eigenvalue weighted by Gasteiger charge is 2.32. The third-order valence-corrected chi connectivity index (χ3v) is 4.34. The average molecular weight is 276 g/mol. The summed E-state index contributed by atoms with van der Waals surface area (Å²) in [4.78, 5) is 0. The SMILES string of the molecule is Cc1cc(CC2CO2)c(O)c(CC2CO2)c1CC1CO1. The van der Waals surface area contributed by atoms with Crippen LogP contribution in [0, 0.1) is 6.92 Å². The quantitative estimate of drug-likeness (QED) is 0.800. The van der Waals surface area contributed by atoms with Gasteiger partial charge in [0, 0.05) is 24.8 Å². The topological polar surface area (TPSA) is 57.8 Å². The van der Waals surface area contributed by atoms with Crippen LogP contribution in [0.15, 0.2) is 6.07 Å². The van der Waals surface area contributed by atoms with E-state index in [1.165, 1.54) is 11.1 Å². The molecule has 4 nitrogen and oxygen atoms in total. The summed E-state index contributed by atoms with van der Waals surface area (Å²) in [5.41, 5.74) is 4.59. The number of epoxide rings is 3. The number of ether oxygens (including phenoxy) is 3. The minimum Gasteiger partial charge on any atom is -0.507 e. The maximum absolute atomic E-state index is 10.6. The van der Waals surface area contributed by atoms with Crippen LogP contribution in [0.5, 0.6) is 5.75 Å². The Morgan fingerprint density at radius 1 is 0.950 bits per heavy atom. The molecule has 3 atom stereocenters. The maximum atomic E-state index is 10.6. The molecule has 1 aromatic carbocycles. The molecule has 1 aromatic rings. The summed E-state index contributed by atoms with van der Waals surface area (Å²) in [5, 5.41) is 10.6. The summed E-state index contributed by atoms with van der Waals surface area (Å²) in [7, 11) is 0. The van der Waals surface area contributed by atoms with Crippen molar-refractivity contribution in [1.82, 2.24) is 0 Å². The highest BCUT2D eigenvalue weighted by atomic mass is 16.6. The lowest BCUT2D eigenvalue weighted by Crippen LogP contribution is -2.08. The van der Waals surface area contributed by atoms with Crippen LogP contribution in [0.1, 0.15) is 22.3 Å². The van der Waals surface area contributed by atoms with Gasteiger partial charge in [-0.1, -0.05) is 6.07 Å². The van der Waals surface area contributed by atoms with Crippen molar-refractivity contribution in [2.75, 3.05) is 19.8 Å². The highest BCUT2D eigenvalue weighted by molar-refractivity contribution is 5.51. The van der Waals surface area contributed by atoms with E-state index in [0.29, 0.717) is 18.0 Å². The van der Waals surface area contributed by atoms with E-state index >= 15 is 0 Å². The van der Waals surface area contributed by atoms with Crippen molar-refractivity contribution >= 4 is 0 Å². The number of aromatic hydroxyl groups is 1. The molecule has 0 aromatic heterocycles. The first-order valence-electron chi connectivity index (χ1n) is 7.38. The third kappa shape index (κ3) is 2.68. The van der Waals surface area contributed by atoms with Gasteiger partial charge in [0.2, 0.25) is 0 Å². The standard InChI is InChI=1S/C16H20O4/c1-9-2-10(3-11-6-18-11)16(17)15(5-13-8-20-13)14(9)4-12-7-19-12/h2,11-13,17H,3-8H2,1H3. The second kappa shape index (κ2) is 4.72. The van der Waals surface area contributed by atoms with E-state index in [1.54, 1.807) is 0 Å². The molecule has 108 valence electrons. The largest absolute Gasteiger partial charge is 0.507 e. The van der Waals surface area contributed by atoms with Crippen molar-refractivity contribution in [2.45, 2.75) is 44.5 Å². The Morgan fingerprint density at radius 2 is 1.45 bits per heavy atom. The molecular weight excluding hydrogens is 256 g/mol. The summed E-state index contributed by atoms with van der Waals surface area (Å²) >= 11 is 0. The van der Waals surface area contributed by atoms with Gasteiger partial charge in [0.1, 0.15) is 5.75 Å². The van der Waals surface area contributed by atoms with Crippen LogP contribution in [0.25, 0.3) is 0 Å². The number of phenolic OH excluding ortho intramolecular Hbond substituents is 1. The second-order valence-electron chi connectivity index (χ2n) is 6.14. The molecule has 4 rings (SSSR count). The third-order valence-electron chi connectivity index (χ3n) is 4.34. The Kier molecular flexibility index (Phi) is 2.98. The van der Waals surface area contributed by atoms with Crippen molar-refractivity contribution in [3.05, 3.63) is 28.3 Å². The summed E-state index contributed by atoms with van der Waals surface area (Å²) in [6.45, 7) is 4.61. The fourth-order valence-corrected chi connectivity index (χ4v) is 2.91. The van der Waals surface area contributed by atoms with Gasteiger partial charge < -0.3 is 19.3 Å². The normalized spacial score (nSPS) is 30.4. The van der Waals surface area contributed by atoms with E-state index in [9.17, 15) is 5.11 Å². The van der Waals surface area contributed by atoms with Crippen molar-refractivity contribution < 1.29 is 19.3 Å². The number of benzene rings is 1. The smallest absolute Gasteiger partial charge is 0.122 e. The number of hydrogen-bond acceptors (Lipinski definition) is 4. The molecule has 4 heteroatoms. The highest BCUT2D eigenvalue weighted by Crippen LogP contribution is 2.36. The van der Waals surface area contributed by atoms with Crippen LogP contribution in [-0.4, -0.2) is 43.2 Å². The van der Waals surface area contributed by atoms with Crippen molar-refractivity contribution in [2.24, 2.45) is 0 Å². The van der Waals surface area contributed by atoms with E-state index in [4.69, 9.17) is 14.2 Å². The van der Waals surface area contributed by atoms with Crippen LogP contribution in [0.2, 0.25) is 0 Å². The molecule has 3 fully saturated rings. The average Bonchev–Trinajstić information content (AvgIpc) is 3.22. The lowest BCUT2D eigenvalue weighted by atomic mass is 9.90. The van der Waals surface area contributed by atoms with Gasteiger partial charge in [-0.3, -0.25) is 0 Å². The minimum absolute atomic E-state index is 0.284. The molecule has 0 spiro atoms. The van der Waals surface area contributed by atoms with Crippen molar-refractivity contribution in [3.63, 3.8) is 0 Å². The van der Waals surface area contributed by atoms with E-state index in [-0.39, 0.29) is 6.10 Å².